The van der Waals surface area contributed by atoms with Crippen molar-refractivity contribution in [1.29, 1.82) is 0 Å². The molecule has 3 rings (SSSR count). The number of ether oxygens (including phenoxy) is 1. The number of carbonyl (C=O) groups excluding carboxylic acids is 1. The quantitative estimate of drug-likeness (QED) is 0.638. The highest BCUT2D eigenvalue weighted by molar-refractivity contribution is 5.85. The Morgan fingerprint density at radius 3 is 2.76 bits per heavy atom. The number of nitrogens with zero attached hydrogens (tertiary/aromatic N) is 1. The van der Waals surface area contributed by atoms with Gasteiger partial charge in [-0.3, -0.25) is 4.79 Å². The van der Waals surface area contributed by atoms with E-state index in [9.17, 15) is 9.59 Å². The lowest BCUT2D eigenvalue weighted by Gasteiger charge is -2.33. The van der Waals surface area contributed by atoms with Crippen LogP contribution in [0, 0.1) is 6.92 Å². The molecule has 1 aromatic carbocycles. The predicted octanol–water partition coefficient (Wildman–Crippen LogP) is 2.03. The molecular formula is C16H17NO4. The first-order valence-corrected chi connectivity index (χ1v) is 6.98. The van der Waals surface area contributed by atoms with E-state index in [2.05, 4.69) is 9.64 Å². The second-order valence-electron chi connectivity index (χ2n) is 5.27. The first-order valence-electron chi connectivity index (χ1n) is 6.98. The standard InChI is InChI=1S/C16H17NO4/c1-10-12-5-4-11(17-6-3-7-17)8-14(12)21-16(19)13(10)9-15(18)20-2/h4-5,8H,3,6-7,9H2,1-2H3. The van der Waals surface area contributed by atoms with Gasteiger partial charge >= 0.3 is 11.6 Å². The SMILES string of the molecule is COC(=O)Cc1c(C)c2ccc(N3CCC3)cc2oc1=O. The van der Waals surface area contributed by atoms with Gasteiger partial charge in [0.25, 0.3) is 0 Å². The normalized spacial score (nSPS) is 14.1. The van der Waals surface area contributed by atoms with Crippen LogP contribution in [0.3, 0.4) is 0 Å². The smallest absolute Gasteiger partial charge is 0.340 e. The van der Waals surface area contributed by atoms with Gasteiger partial charge in [-0.15, -0.1) is 0 Å². The maximum atomic E-state index is 12.1. The molecule has 2 aromatic rings. The van der Waals surface area contributed by atoms with Crippen LogP contribution in [-0.2, 0) is 16.0 Å². The molecule has 1 aromatic heterocycles. The number of carbonyl (C=O) groups is 1. The molecule has 0 spiro atoms. The van der Waals surface area contributed by atoms with Crippen molar-refractivity contribution in [3.8, 4) is 0 Å². The monoisotopic (exact) mass is 287 g/mol. The maximum absolute atomic E-state index is 12.1. The second kappa shape index (κ2) is 5.24. The highest BCUT2D eigenvalue weighted by Crippen LogP contribution is 2.27. The van der Waals surface area contributed by atoms with Gasteiger partial charge in [0, 0.05) is 30.2 Å². The number of methoxy groups -OCH3 is 1. The molecule has 1 saturated heterocycles. The Kier molecular flexibility index (Phi) is 3.41. The van der Waals surface area contributed by atoms with Gasteiger partial charge in [0.05, 0.1) is 19.1 Å². The molecule has 0 saturated carbocycles. The van der Waals surface area contributed by atoms with E-state index < -0.39 is 11.6 Å². The summed E-state index contributed by atoms with van der Waals surface area (Å²) in [5.74, 6) is -0.443. The summed E-state index contributed by atoms with van der Waals surface area (Å²) < 4.78 is 10.0. The summed E-state index contributed by atoms with van der Waals surface area (Å²) in [5.41, 5.74) is 2.31. The Hall–Kier alpha value is -2.30. The van der Waals surface area contributed by atoms with Crippen molar-refractivity contribution < 1.29 is 13.9 Å². The van der Waals surface area contributed by atoms with Crippen LogP contribution in [0.5, 0.6) is 0 Å². The number of esters is 1. The third-order valence-corrected chi connectivity index (χ3v) is 4.04. The van der Waals surface area contributed by atoms with Gasteiger partial charge in [0.15, 0.2) is 0 Å². The van der Waals surface area contributed by atoms with Crippen molar-refractivity contribution in [1.82, 2.24) is 0 Å². The van der Waals surface area contributed by atoms with E-state index in [0.29, 0.717) is 11.1 Å². The van der Waals surface area contributed by atoms with E-state index in [1.54, 1.807) is 0 Å². The number of rotatable bonds is 3. The predicted molar refractivity (Wildman–Crippen MR) is 79.8 cm³/mol. The van der Waals surface area contributed by atoms with E-state index in [1.807, 2.05) is 25.1 Å². The molecule has 5 nitrogen and oxygen atoms in total. The van der Waals surface area contributed by atoms with E-state index in [1.165, 1.54) is 13.5 Å². The van der Waals surface area contributed by atoms with Crippen molar-refractivity contribution in [2.45, 2.75) is 19.8 Å². The molecule has 0 N–H and O–H groups in total. The zero-order chi connectivity index (χ0) is 15.0. The molecule has 2 heterocycles. The maximum Gasteiger partial charge on any atom is 0.340 e. The average molecular weight is 287 g/mol. The van der Waals surface area contributed by atoms with Crippen LogP contribution in [0.1, 0.15) is 17.5 Å². The summed E-state index contributed by atoms with van der Waals surface area (Å²) >= 11 is 0. The average Bonchev–Trinajstić information content (AvgIpc) is 2.41. The van der Waals surface area contributed by atoms with Crippen LogP contribution in [-0.4, -0.2) is 26.2 Å². The van der Waals surface area contributed by atoms with Crippen molar-refractivity contribution >= 4 is 22.6 Å². The lowest BCUT2D eigenvalue weighted by atomic mass is 10.0. The lowest BCUT2D eigenvalue weighted by Crippen LogP contribution is -2.36. The van der Waals surface area contributed by atoms with Crippen LogP contribution in [0.25, 0.3) is 11.0 Å². The lowest BCUT2D eigenvalue weighted by molar-refractivity contribution is -0.139. The van der Waals surface area contributed by atoms with E-state index in [-0.39, 0.29) is 6.42 Å². The van der Waals surface area contributed by atoms with Gasteiger partial charge in [-0.2, -0.15) is 0 Å². The van der Waals surface area contributed by atoms with Crippen molar-refractivity contribution in [3.63, 3.8) is 0 Å². The summed E-state index contributed by atoms with van der Waals surface area (Å²) in [6, 6.07) is 5.86. The molecule has 21 heavy (non-hydrogen) atoms. The molecule has 0 unspecified atom stereocenters. The van der Waals surface area contributed by atoms with Crippen LogP contribution < -0.4 is 10.5 Å². The second-order valence-corrected chi connectivity index (χ2v) is 5.27. The molecule has 1 aliphatic heterocycles. The molecule has 1 fully saturated rings. The summed E-state index contributed by atoms with van der Waals surface area (Å²) in [6.07, 6.45) is 1.13. The molecular weight excluding hydrogens is 270 g/mol. The van der Waals surface area contributed by atoms with E-state index in [0.717, 1.165) is 29.7 Å². The minimum absolute atomic E-state index is 0.0610. The fraction of sp³-hybridized carbons (Fsp3) is 0.375. The summed E-state index contributed by atoms with van der Waals surface area (Å²) in [7, 11) is 1.31. The number of anilines is 1. The molecule has 5 heteroatoms. The molecule has 1 aliphatic rings. The first-order chi connectivity index (χ1) is 10.1. The number of benzene rings is 1. The Balaban J connectivity index is 2.08. The minimum Gasteiger partial charge on any atom is -0.469 e. The van der Waals surface area contributed by atoms with Crippen LogP contribution >= 0.6 is 0 Å². The first kappa shape index (κ1) is 13.7. The molecule has 110 valence electrons. The molecule has 0 amide bonds. The van der Waals surface area contributed by atoms with E-state index in [4.69, 9.17) is 4.42 Å². The molecule has 0 bridgehead atoms. The van der Waals surface area contributed by atoms with Crippen molar-refractivity contribution in [2.75, 3.05) is 25.1 Å². The number of hydrogen-bond acceptors (Lipinski definition) is 5. The van der Waals surface area contributed by atoms with Gasteiger partial charge in [-0.1, -0.05) is 0 Å². The van der Waals surface area contributed by atoms with Gasteiger partial charge < -0.3 is 14.1 Å². The highest BCUT2D eigenvalue weighted by atomic mass is 16.5. The Morgan fingerprint density at radius 1 is 1.38 bits per heavy atom. The fourth-order valence-corrected chi connectivity index (χ4v) is 2.57. The number of hydrogen-bond donors (Lipinski definition) is 0. The topological polar surface area (TPSA) is 59.8 Å². The largest absolute Gasteiger partial charge is 0.469 e. The zero-order valence-electron chi connectivity index (χ0n) is 12.1. The molecule has 0 aliphatic carbocycles. The van der Waals surface area contributed by atoms with E-state index >= 15 is 0 Å². The highest BCUT2D eigenvalue weighted by Gasteiger charge is 2.18. The molecule has 0 radical (unpaired) electrons. The third-order valence-electron chi connectivity index (χ3n) is 4.04. The van der Waals surface area contributed by atoms with Crippen LogP contribution in [0.15, 0.2) is 27.4 Å². The Morgan fingerprint density at radius 2 is 2.14 bits per heavy atom. The third kappa shape index (κ3) is 2.39. The van der Waals surface area contributed by atoms with Crippen molar-refractivity contribution in [3.05, 3.63) is 39.7 Å². The van der Waals surface area contributed by atoms with Gasteiger partial charge in [-0.05, 0) is 31.0 Å². The fourth-order valence-electron chi connectivity index (χ4n) is 2.57. The summed E-state index contributed by atoms with van der Waals surface area (Å²) in [5, 5.41) is 0.859. The number of aryl methyl sites for hydroxylation is 1. The molecule has 0 atom stereocenters. The Bertz CT molecular complexity index is 759. The van der Waals surface area contributed by atoms with Crippen LogP contribution in [0.4, 0.5) is 5.69 Å². The van der Waals surface area contributed by atoms with Crippen molar-refractivity contribution in [2.24, 2.45) is 0 Å². The summed E-state index contributed by atoms with van der Waals surface area (Å²) in [6.45, 7) is 3.91. The number of fused-ring (bicyclic) bond motifs is 1. The van der Waals surface area contributed by atoms with Crippen LogP contribution in [0.2, 0.25) is 0 Å². The van der Waals surface area contributed by atoms with Gasteiger partial charge in [0.1, 0.15) is 5.58 Å². The van der Waals surface area contributed by atoms with Gasteiger partial charge in [-0.25, -0.2) is 4.79 Å². The minimum atomic E-state index is -0.467. The Labute approximate surface area is 122 Å². The zero-order valence-corrected chi connectivity index (χ0v) is 12.1. The summed E-state index contributed by atoms with van der Waals surface area (Å²) in [4.78, 5) is 25.7. The van der Waals surface area contributed by atoms with Gasteiger partial charge in [0.2, 0.25) is 0 Å².